The second-order valence-corrected chi connectivity index (χ2v) is 4.43. The van der Waals surface area contributed by atoms with Crippen LogP contribution in [-0.2, 0) is 10.0 Å². The van der Waals surface area contributed by atoms with Crippen molar-refractivity contribution < 1.29 is 8.42 Å². The molecule has 0 spiro atoms. The maximum absolute atomic E-state index is 11.1. The molecule has 14 heavy (non-hydrogen) atoms. The fraction of sp³-hybridized carbons (Fsp3) is 0. The predicted octanol–water partition coefficient (Wildman–Crippen LogP) is 1.81. The maximum atomic E-state index is 11.1. The molecule has 0 atom stereocenters. The topological polar surface area (TPSA) is 57.9 Å². The summed E-state index contributed by atoms with van der Waals surface area (Å²) in [5.41, 5.74) is 0. The van der Waals surface area contributed by atoms with Gasteiger partial charge in [0.2, 0.25) is 0 Å². The fourth-order valence-corrected chi connectivity index (χ4v) is 2.16. The van der Waals surface area contributed by atoms with Crippen LogP contribution in [0.5, 0.6) is 0 Å². The molecule has 0 unspecified atom stereocenters. The molecule has 0 aliphatic rings. The van der Waals surface area contributed by atoms with Crippen molar-refractivity contribution in [3.8, 4) is 0 Å². The van der Waals surface area contributed by atoms with Gasteiger partial charge in [-0.15, -0.1) is 5.14 Å². The Bertz CT molecular complexity index is 570. The minimum absolute atomic E-state index is 0.0654. The highest BCUT2D eigenvalue weighted by Crippen LogP contribution is 2.21. The molecule has 0 aliphatic heterocycles. The van der Waals surface area contributed by atoms with Crippen molar-refractivity contribution in [1.29, 1.82) is 0 Å². The van der Waals surface area contributed by atoms with E-state index in [1.54, 1.807) is 18.2 Å². The third-order valence-corrected chi connectivity index (χ3v) is 2.97. The molecular formula is C10H8NO2S. The number of sulfonamides is 1. The molecule has 3 nitrogen and oxygen atoms in total. The first kappa shape index (κ1) is 9.18. The van der Waals surface area contributed by atoms with E-state index in [-0.39, 0.29) is 4.90 Å². The zero-order valence-corrected chi connectivity index (χ0v) is 8.08. The van der Waals surface area contributed by atoms with Gasteiger partial charge in [0.15, 0.2) is 0 Å². The summed E-state index contributed by atoms with van der Waals surface area (Å²) in [4.78, 5) is 0.0654. The number of rotatable bonds is 1. The Hall–Kier alpha value is -1.39. The quantitative estimate of drug-likeness (QED) is 0.714. The molecule has 1 N–H and O–H groups in total. The molecule has 1 radical (unpaired) electrons. The van der Waals surface area contributed by atoms with Crippen LogP contribution < -0.4 is 5.14 Å². The fourth-order valence-electron chi connectivity index (χ4n) is 1.43. The molecule has 0 fully saturated rings. The Morgan fingerprint density at radius 2 is 1.57 bits per heavy atom. The van der Waals surface area contributed by atoms with Crippen LogP contribution in [0, 0.1) is 0 Å². The van der Waals surface area contributed by atoms with Gasteiger partial charge in [-0.05, 0) is 11.5 Å². The molecule has 4 heteroatoms. The van der Waals surface area contributed by atoms with Gasteiger partial charge in [0.25, 0.3) is 10.0 Å². The second-order valence-electron chi connectivity index (χ2n) is 2.98. The molecule has 0 aromatic heterocycles. The lowest BCUT2D eigenvalue weighted by Crippen LogP contribution is -2.00. The zero-order valence-electron chi connectivity index (χ0n) is 7.27. The normalized spacial score (nSPS) is 11.8. The van der Waals surface area contributed by atoms with E-state index in [1.807, 2.05) is 18.2 Å². The maximum Gasteiger partial charge on any atom is 0.254 e. The Labute approximate surface area is 82.2 Å². The van der Waals surface area contributed by atoms with E-state index in [1.165, 1.54) is 6.07 Å². The number of hydrogen-bond donors (Lipinski definition) is 0. The molecule has 0 amide bonds. The molecule has 0 saturated carbocycles. The van der Waals surface area contributed by atoms with Gasteiger partial charge in [0.1, 0.15) is 0 Å². The summed E-state index contributed by atoms with van der Waals surface area (Å²) >= 11 is 0. The van der Waals surface area contributed by atoms with Crippen LogP contribution in [0.15, 0.2) is 47.4 Å². The van der Waals surface area contributed by atoms with Gasteiger partial charge in [-0.25, -0.2) is 8.42 Å². The Morgan fingerprint density at radius 1 is 0.929 bits per heavy atom. The first-order valence-corrected chi connectivity index (χ1v) is 5.55. The van der Waals surface area contributed by atoms with Crippen LogP contribution in [0.1, 0.15) is 0 Å². The molecule has 0 aliphatic carbocycles. The van der Waals surface area contributed by atoms with Crippen molar-refractivity contribution in [1.82, 2.24) is 5.14 Å². The van der Waals surface area contributed by atoms with Gasteiger partial charge >= 0.3 is 0 Å². The highest BCUT2D eigenvalue weighted by molar-refractivity contribution is 7.89. The second kappa shape index (κ2) is 3.08. The summed E-state index contributed by atoms with van der Waals surface area (Å²) in [6, 6.07) is 12.0. The van der Waals surface area contributed by atoms with Gasteiger partial charge in [-0.2, -0.15) is 0 Å². The SMILES string of the molecule is [NH]S(=O)(=O)c1cccc2ccccc12. The smallest absolute Gasteiger partial charge is 0.206 e. The summed E-state index contributed by atoms with van der Waals surface area (Å²) in [7, 11) is -3.88. The van der Waals surface area contributed by atoms with E-state index in [0.29, 0.717) is 5.39 Å². The van der Waals surface area contributed by atoms with E-state index >= 15 is 0 Å². The van der Waals surface area contributed by atoms with Gasteiger partial charge in [0.05, 0.1) is 4.90 Å². The highest BCUT2D eigenvalue weighted by Gasteiger charge is 2.11. The minimum atomic E-state index is -3.88. The molecule has 0 bridgehead atoms. The lowest BCUT2D eigenvalue weighted by Gasteiger charge is -2.02. The average Bonchev–Trinajstić information content (AvgIpc) is 2.15. The summed E-state index contributed by atoms with van der Waals surface area (Å²) in [6.07, 6.45) is 0. The van der Waals surface area contributed by atoms with Crippen molar-refractivity contribution in [3.63, 3.8) is 0 Å². The van der Waals surface area contributed by atoms with Gasteiger partial charge in [-0.3, -0.25) is 0 Å². The molecular weight excluding hydrogens is 198 g/mol. The summed E-state index contributed by atoms with van der Waals surface area (Å²) in [6.45, 7) is 0. The Kier molecular flexibility index (Phi) is 2.02. The standard InChI is InChI=1S/C10H8NO2S/c11-14(12,13)10-7-3-5-8-4-1-2-6-9(8)10/h1-7,11H. The minimum Gasteiger partial charge on any atom is -0.206 e. The summed E-state index contributed by atoms with van der Waals surface area (Å²) < 4.78 is 22.2. The summed E-state index contributed by atoms with van der Waals surface area (Å²) in [5, 5.41) is 8.46. The molecule has 2 aromatic carbocycles. The summed E-state index contributed by atoms with van der Waals surface area (Å²) in [5.74, 6) is 0. The van der Waals surface area contributed by atoms with Gasteiger partial charge in [0, 0.05) is 5.39 Å². The van der Waals surface area contributed by atoms with Crippen LogP contribution >= 0.6 is 0 Å². The highest BCUT2D eigenvalue weighted by atomic mass is 32.2. The van der Waals surface area contributed by atoms with Crippen LogP contribution in [-0.4, -0.2) is 8.42 Å². The van der Waals surface area contributed by atoms with E-state index in [4.69, 9.17) is 5.14 Å². The number of benzene rings is 2. The van der Waals surface area contributed by atoms with E-state index in [2.05, 4.69) is 0 Å². The van der Waals surface area contributed by atoms with Crippen LogP contribution in [0.3, 0.4) is 0 Å². The van der Waals surface area contributed by atoms with E-state index < -0.39 is 10.0 Å². The average molecular weight is 206 g/mol. The molecule has 0 saturated heterocycles. The monoisotopic (exact) mass is 206 g/mol. The number of fused-ring (bicyclic) bond motifs is 1. The molecule has 2 rings (SSSR count). The lowest BCUT2D eigenvalue weighted by molar-refractivity contribution is 0.597. The van der Waals surface area contributed by atoms with Crippen LogP contribution in [0.25, 0.3) is 10.8 Å². The zero-order chi connectivity index (χ0) is 10.2. The Balaban J connectivity index is 2.92. The van der Waals surface area contributed by atoms with Gasteiger partial charge < -0.3 is 0 Å². The van der Waals surface area contributed by atoms with Crippen molar-refractivity contribution in [2.45, 2.75) is 4.90 Å². The van der Waals surface area contributed by atoms with E-state index in [9.17, 15) is 8.42 Å². The van der Waals surface area contributed by atoms with Crippen molar-refractivity contribution in [2.24, 2.45) is 0 Å². The van der Waals surface area contributed by atoms with Crippen molar-refractivity contribution >= 4 is 20.8 Å². The third-order valence-electron chi connectivity index (χ3n) is 2.04. The van der Waals surface area contributed by atoms with E-state index in [0.717, 1.165) is 5.39 Å². The third kappa shape index (κ3) is 1.49. The predicted molar refractivity (Wildman–Crippen MR) is 54.2 cm³/mol. The van der Waals surface area contributed by atoms with Crippen molar-refractivity contribution in [3.05, 3.63) is 42.5 Å². The molecule has 71 valence electrons. The Morgan fingerprint density at radius 3 is 2.29 bits per heavy atom. The first-order chi connectivity index (χ1) is 6.59. The van der Waals surface area contributed by atoms with Crippen molar-refractivity contribution in [2.75, 3.05) is 0 Å². The lowest BCUT2D eigenvalue weighted by atomic mass is 10.1. The number of nitrogens with one attached hydrogen (secondary N) is 1. The molecule has 0 heterocycles. The first-order valence-electron chi connectivity index (χ1n) is 4.06. The van der Waals surface area contributed by atoms with Crippen LogP contribution in [0.4, 0.5) is 0 Å². The van der Waals surface area contributed by atoms with Crippen LogP contribution in [0.2, 0.25) is 0 Å². The number of hydrogen-bond acceptors (Lipinski definition) is 2. The molecule has 2 aromatic rings. The largest absolute Gasteiger partial charge is 0.254 e. The van der Waals surface area contributed by atoms with Gasteiger partial charge in [-0.1, -0.05) is 36.4 Å².